The van der Waals surface area contributed by atoms with Gasteiger partial charge in [-0.3, -0.25) is 4.79 Å². The molecular formula is C19H18F2O5. The molecule has 2 rings (SSSR count). The average molecular weight is 364 g/mol. The zero-order valence-corrected chi connectivity index (χ0v) is 14.5. The number of ketones is 1. The Kier molecular flexibility index (Phi) is 6.54. The smallest absolute Gasteiger partial charge is 0.387 e. The fourth-order valence-corrected chi connectivity index (χ4v) is 2.24. The van der Waals surface area contributed by atoms with Crippen LogP contribution in [0.1, 0.15) is 15.9 Å². The van der Waals surface area contributed by atoms with E-state index in [1.165, 1.54) is 45.6 Å². The van der Waals surface area contributed by atoms with Crippen LogP contribution in [0.5, 0.6) is 23.0 Å². The van der Waals surface area contributed by atoms with Crippen molar-refractivity contribution >= 4 is 11.9 Å². The van der Waals surface area contributed by atoms with E-state index in [2.05, 4.69) is 4.74 Å². The lowest BCUT2D eigenvalue weighted by atomic mass is 10.1. The fourth-order valence-electron chi connectivity index (χ4n) is 2.24. The lowest BCUT2D eigenvalue weighted by molar-refractivity contribution is -0.0512. The monoisotopic (exact) mass is 364 g/mol. The molecule has 0 bridgehead atoms. The summed E-state index contributed by atoms with van der Waals surface area (Å²) in [6, 6.07) is 9.25. The standard InChI is InChI=1S/C19H18F2O5/c1-23-13-6-7-14(17(11-13)24-2)15(22)8-4-12-5-9-16(26-19(20)21)18(10-12)25-3/h4-11,19H,1-3H3/b8-4+. The predicted octanol–water partition coefficient (Wildman–Crippen LogP) is 4.21. The molecule has 5 nitrogen and oxygen atoms in total. The Labute approximate surface area is 149 Å². The van der Waals surface area contributed by atoms with Crippen molar-refractivity contribution < 1.29 is 32.5 Å². The highest BCUT2D eigenvalue weighted by molar-refractivity contribution is 6.08. The number of carbonyl (C=O) groups is 1. The van der Waals surface area contributed by atoms with Crippen molar-refractivity contribution in [3.63, 3.8) is 0 Å². The van der Waals surface area contributed by atoms with Crippen LogP contribution in [0.2, 0.25) is 0 Å². The summed E-state index contributed by atoms with van der Waals surface area (Å²) < 4.78 is 44.4. The Bertz CT molecular complexity index is 803. The van der Waals surface area contributed by atoms with Gasteiger partial charge in [-0.05, 0) is 35.9 Å². The van der Waals surface area contributed by atoms with E-state index in [9.17, 15) is 13.6 Å². The molecule has 138 valence electrons. The summed E-state index contributed by atoms with van der Waals surface area (Å²) in [4.78, 5) is 12.4. The minimum Gasteiger partial charge on any atom is -0.497 e. The van der Waals surface area contributed by atoms with Gasteiger partial charge in [0.2, 0.25) is 0 Å². The second kappa shape index (κ2) is 8.84. The van der Waals surface area contributed by atoms with Crippen LogP contribution in [0.4, 0.5) is 8.78 Å². The van der Waals surface area contributed by atoms with Gasteiger partial charge in [-0.25, -0.2) is 0 Å². The molecule has 0 aliphatic rings. The molecule has 0 amide bonds. The molecule has 0 spiro atoms. The Morgan fingerprint density at radius 2 is 1.65 bits per heavy atom. The molecule has 7 heteroatoms. The van der Waals surface area contributed by atoms with Gasteiger partial charge in [0.1, 0.15) is 11.5 Å². The maximum Gasteiger partial charge on any atom is 0.387 e. The lowest BCUT2D eigenvalue weighted by Gasteiger charge is -2.10. The molecule has 0 fully saturated rings. The first-order valence-electron chi connectivity index (χ1n) is 7.55. The Morgan fingerprint density at radius 3 is 2.27 bits per heavy atom. The van der Waals surface area contributed by atoms with Crippen molar-refractivity contribution in [2.45, 2.75) is 6.61 Å². The van der Waals surface area contributed by atoms with Crippen LogP contribution in [0.25, 0.3) is 6.08 Å². The molecule has 2 aromatic rings. The van der Waals surface area contributed by atoms with E-state index in [-0.39, 0.29) is 17.3 Å². The molecule has 0 N–H and O–H groups in total. The van der Waals surface area contributed by atoms with Crippen LogP contribution < -0.4 is 18.9 Å². The van der Waals surface area contributed by atoms with E-state index in [4.69, 9.17) is 14.2 Å². The molecule has 0 radical (unpaired) electrons. The van der Waals surface area contributed by atoms with E-state index in [0.717, 1.165) is 0 Å². The van der Waals surface area contributed by atoms with E-state index < -0.39 is 6.61 Å². The summed E-state index contributed by atoms with van der Waals surface area (Å²) in [5, 5.41) is 0. The largest absolute Gasteiger partial charge is 0.497 e. The van der Waals surface area contributed by atoms with Gasteiger partial charge >= 0.3 is 6.61 Å². The number of methoxy groups -OCH3 is 3. The second-order valence-corrected chi connectivity index (χ2v) is 5.05. The first kappa shape index (κ1) is 19.2. The van der Waals surface area contributed by atoms with Crippen LogP contribution in [0.3, 0.4) is 0 Å². The van der Waals surface area contributed by atoms with Crippen molar-refractivity contribution in [3.05, 3.63) is 53.6 Å². The Hall–Kier alpha value is -3.09. The highest BCUT2D eigenvalue weighted by Crippen LogP contribution is 2.30. The maximum absolute atomic E-state index is 12.4. The fraction of sp³-hybridized carbons (Fsp3) is 0.211. The van der Waals surface area contributed by atoms with Crippen molar-refractivity contribution in [3.8, 4) is 23.0 Å². The third-order valence-corrected chi connectivity index (χ3v) is 3.51. The van der Waals surface area contributed by atoms with Gasteiger partial charge in [-0.1, -0.05) is 12.1 Å². The molecule has 0 atom stereocenters. The van der Waals surface area contributed by atoms with E-state index in [1.807, 2.05) is 0 Å². The Balaban J connectivity index is 2.22. The number of rotatable bonds is 8. The first-order chi connectivity index (χ1) is 12.5. The van der Waals surface area contributed by atoms with Crippen LogP contribution in [-0.2, 0) is 0 Å². The molecule has 0 aromatic heterocycles. The number of alkyl halides is 2. The van der Waals surface area contributed by atoms with Crippen LogP contribution in [0.15, 0.2) is 42.5 Å². The molecule has 0 heterocycles. The number of ether oxygens (including phenoxy) is 4. The maximum atomic E-state index is 12.4. The number of hydrogen-bond acceptors (Lipinski definition) is 5. The average Bonchev–Trinajstić information content (AvgIpc) is 2.65. The van der Waals surface area contributed by atoms with E-state index in [1.54, 1.807) is 24.3 Å². The summed E-state index contributed by atoms with van der Waals surface area (Å²) in [5.74, 6) is 0.736. The van der Waals surface area contributed by atoms with Crippen molar-refractivity contribution in [2.24, 2.45) is 0 Å². The third-order valence-electron chi connectivity index (χ3n) is 3.51. The van der Waals surface area contributed by atoms with Crippen molar-refractivity contribution in [1.82, 2.24) is 0 Å². The molecular weight excluding hydrogens is 346 g/mol. The summed E-state index contributed by atoms with van der Waals surface area (Å²) in [6.07, 6.45) is 2.90. The molecule has 26 heavy (non-hydrogen) atoms. The number of carbonyl (C=O) groups excluding carboxylic acids is 1. The van der Waals surface area contributed by atoms with Gasteiger partial charge in [0, 0.05) is 6.07 Å². The molecule has 0 aliphatic carbocycles. The van der Waals surface area contributed by atoms with Gasteiger partial charge in [-0.2, -0.15) is 8.78 Å². The first-order valence-corrected chi connectivity index (χ1v) is 7.55. The molecule has 0 saturated heterocycles. The van der Waals surface area contributed by atoms with Gasteiger partial charge in [0.15, 0.2) is 17.3 Å². The summed E-state index contributed by atoms with van der Waals surface area (Å²) >= 11 is 0. The van der Waals surface area contributed by atoms with Crippen LogP contribution >= 0.6 is 0 Å². The topological polar surface area (TPSA) is 54.0 Å². The quantitative estimate of drug-likeness (QED) is 0.519. The minimum absolute atomic E-state index is 0.0807. The predicted molar refractivity (Wildman–Crippen MR) is 92.5 cm³/mol. The van der Waals surface area contributed by atoms with Crippen LogP contribution in [-0.4, -0.2) is 33.7 Å². The van der Waals surface area contributed by atoms with Crippen molar-refractivity contribution in [1.29, 1.82) is 0 Å². The third kappa shape index (κ3) is 4.72. The van der Waals surface area contributed by atoms with Gasteiger partial charge in [0.05, 0.1) is 26.9 Å². The molecule has 0 saturated carbocycles. The van der Waals surface area contributed by atoms with Crippen molar-refractivity contribution in [2.75, 3.05) is 21.3 Å². The number of benzene rings is 2. The molecule has 2 aromatic carbocycles. The second-order valence-electron chi connectivity index (χ2n) is 5.05. The number of allylic oxidation sites excluding steroid dienone is 1. The summed E-state index contributed by atoms with van der Waals surface area (Å²) in [5.41, 5.74) is 0.957. The van der Waals surface area contributed by atoms with E-state index >= 15 is 0 Å². The molecule has 0 aliphatic heterocycles. The van der Waals surface area contributed by atoms with Gasteiger partial charge in [0.25, 0.3) is 0 Å². The highest BCUT2D eigenvalue weighted by atomic mass is 19.3. The SMILES string of the molecule is COc1ccc(C(=O)/C=C/c2ccc(OC(F)F)c(OC)c2)c(OC)c1. The zero-order valence-electron chi connectivity index (χ0n) is 14.5. The normalized spacial score (nSPS) is 10.8. The Morgan fingerprint density at radius 1 is 0.923 bits per heavy atom. The van der Waals surface area contributed by atoms with Gasteiger partial charge < -0.3 is 18.9 Å². The molecule has 0 unspecified atom stereocenters. The van der Waals surface area contributed by atoms with Gasteiger partial charge in [-0.15, -0.1) is 0 Å². The summed E-state index contributed by atoms with van der Waals surface area (Å²) in [6.45, 7) is -2.95. The summed E-state index contributed by atoms with van der Waals surface area (Å²) in [7, 11) is 4.32. The van der Waals surface area contributed by atoms with Crippen LogP contribution in [0, 0.1) is 0 Å². The number of hydrogen-bond donors (Lipinski definition) is 0. The lowest BCUT2D eigenvalue weighted by Crippen LogP contribution is -2.03. The zero-order chi connectivity index (χ0) is 19.1. The number of halogens is 2. The van der Waals surface area contributed by atoms with E-state index in [0.29, 0.717) is 22.6 Å². The minimum atomic E-state index is -2.95. The highest BCUT2D eigenvalue weighted by Gasteiger charge is 2.12.